The van der Waals surface area contributed by atoms with E-state index < -0.39 is 302 Å². The van der Waals surface area contributed by atoms with Gasteiger partial charge in [0.15, 0.2) is 44.0 Å². The van der Waals surface area contributed by atoms with Gasteiger partial charge in [-0.05, 0) is 128 Å². The SMILES string of the molecule is Cc1cc(C)c(S(=O)(=O)OC[C@H]2O[C@@H]3O[C@H]4[C@H](O)[C@@H](O)[C@@H](O[C@H]5[C@H](O)[C@@H](O)[C@@H](O[C@H]6[C@H](O)[C@@H](O)[C@@H](O[C@H]7[C@H](O)[C@@H](O)[C@@H](O[C@H]8[C@H](O)[C@@H](O)[C@@H](O[C@H]9[C@H](O)[C@@H](O)[C@@H](O[C@H]2[C@H](O)[C@H]3O)O[C@@H]9CO)O[C@@H]8CO)O[C@@H]7CO)O[C@@H]6COS(=O)(=O)c2c(C)cc(C)cc2C)O[C@@H]5COS(=O)(=O)c2c(C)cc(C)cc2C)O[C@@H]4COS(=O)(=O)c2c(C)cc(C)cc2C)c(C)c1. The zero-order chi connectivity index (χ0) is 91.8. The van der Waals surface area contributed by atoms with Crippen molar-refractivity contribution in [1.29, 1.82) is 0 Å². The average molecular weight is 1860 g/mol. The number of hydrogen-bond donors (Lipinski definition) is 17. The maximum absolute atomic E-state index is 14.6. The fourth-order valence-electron chi connectivity index (χ4n) is 17.5. The van der Waals surface area contributed by atoms with E-state index in [9.17, 15) is 120 Å². The molecule has 0 saturated carbocycles. The largest absolute Gasteiger partial charge is 0.394 e. The van der Waals surface area contributed by atoms with Gasteiger partial charge in [0.2, 0.25) is 0 Å². The molecule has 4 aromatic carbocycles. The molecule has 0 spiro atoms. The Morgan fingerprint density at radius 2 is 0.344 bits per heavy atom. The van der Waals surface area contributed by atoms with Crippen molar-refractivity contribution < 1.29 is 204 Å². The molecule has 21 aliphatic heterocycles. The van der Waals surface area contributed by atoms with E-state index in [1.807, 2.05) is 0 Å². The van der Waals surface area contributed by atoms with Crippen LogP contribution in [0.2, 0.25) is 0 Å². The molecule has 0 radical (unpaired) electrons. The van der Waals surface area contributed by atoms with Crippen LogP contribution in [0, 0.1) is 83.1 Å². The van der Waals surface area contributed by atoms with Gasteiger partial charge in [0.1, 0.15) is 171 Å². The molecule has 0 unspecified atom stereocenters. The van der Waals surface area contributed by atoms with Crippen molar-refractivity contribution in [2.24, 2.45) is 0 Å². The molecule has 0 amide bonds. The minimum absolute atomic E-state index is 0.155. The van der Waals surface area contributed by atoms with Crippen molar-refractivity contribution in [3.05, 3.63) is 115 Å². The fourth-order valence-corrected chi connectivity index (χ4v) is 22.8. The van der Waals surface area contributed by atoms with E-state index in [0.717, 1.165) is 0 Å². The highest BCUT2D eigenvalue weighted by Gasteiger charge is 2.61. The molecule has 4 aromatic rings. The first-order chi connectivity index (χ1) is 58.5. The van der Waals surface area contributed by atoms with Gasteiger partial charge in [-0.15, -0.1) is 0 Å². The number of ether oxygens (including phenoxy) is 14. The summed E-state index contributed by atoms with van der Waals surface area (Å²) in [5.74, 6) is 0. The molecular weight excluding hydrogens is 1750 g/mol. The van der Waals surface area contributed by atoms with Crippen LogP contribution in [0.5, 0.6) is 0 Å². The van der Waals surface area contributed by atoms with Gasteiger partial charge in [-0.2, -0.15) is 33.7 Å². The molecule has 17 N–H and O–H groups in total. The maximum atomic E-state index is 14.6. The highest BCUT2D eigenvalue weighted by atomic mass is 32.2. The summed E-state index contributed by atoms with van der Waals surface area (Å²) in [6, 6.07) is 12.0. The first-order valence-electron chi connectivity index (χ1n) is 39.9. The van der Waals surface area contributed by atoms with Crippen LogP contribution in [0.25, 0.3) is 0 Å². The molecule has 21 aliphatic rings. The summed E-state index contributed by atoms with van der Waals surface area (Å²) >= 11 is 0. The van der Waals surface area contributed by atoms with Gasteiger partial charge in [0, 0.05) is 0 Å². The molecule has 21 saturated heterocycles. The lowest BCUT2D eigenvalue weighted by Gasteiger charge is -2.50. The molecule has 25 rings (SSSR count). The van der Waals surface area contributed by atoms with Crippen LogP contribution in [0.15, 0.2) is 68.1 Å². The van der Waals surface area contributed by atoms with Crippen LogP contribution in [0.3, 0.4) is 0 Å². The highest BCUT2D eigenvalue weighted by molar-refractivity contribution is 7.87. The second-order valence-corrected chi connectivity index (χ2v) is 39.0. The monoisotopic (exact) mass is 1860 g/mol. The van der Waals surface area contributed by atoms with Crippen LogP contribution in [-0.4, -0.2) is 382 Å². The molecule has 47 heteroatoms. The Bertz CT molecular complexity index is 4630. The molecule has 43 nitrogen and oxygen atoms in total. The first-order valence-corrected chi connectivity index (χ1v) is 45.6. The van der Waals surface area contributed by atoms with Crippen LogP contribution in [0.4, 0.5) is 0 Å². The van der Waals surface area contributed by atoms with E-state index in [-0.39, 0.29) is 64.1 Å². The van der Waals surface area contributed by atoms with E-state index in [1.54, 1.807) is 27.7 Å². The molecule has 0 aromatic heterocycles. The van der Waals surface area contributed by atoms with Crippen LogP contribution in [-0.2, 0) is 124 Å². The highest BCUT2D eigenvalue weighted by Crippen LogP contribution is 2.42. The van der Waals surface area contributed by atoms with Crippen LogP contribution >= 0.6 is 0 Å². The van der Waals surface area contributed by atoms with Crippen molar-refractivity contribution in [2.45, 2.75) is 318 Å². The van der Waals surface area contributed by atoms with E-state index in [0.29, 0.717) is 22.3 Å². The van der Waals surface area contributed by atoms with E-state index in [1.165, 1.54) is 104 Å². The first kappa shape index (κ1) is 99.3. The van der Waals surface area contributed by atoms with Gasteiger partial charge in [0.05, 0.1) is 65.8 Å². The lowest BCUT2D eigenvalue weighted by Crippen LogP contribution is -2.68. The van der Waals surface area contributed by atoms with Gasteiger partial charge in [-0.25, -0.2) is 0 Å². The lowest BCUT2D eigenvalue weighted by molar-refractivity contribution is -0.396. The predicted octanol–water partition coefficient (Wildman–Crippen LogP) is -5.88. The Labute approximate surface area is 719 Å². The van der Waals surface area contributed by atoms with Crippen LogP contribution in [0.1, 0.15) is 66.8 Å². The van der Waals surface area contributed by atoms with Crippen molar-refractivity contribution >= 4 is 40.5 Å². The summed E-state index contributed by atoms with van der Waals surface area (Å²) in [5.41, 5.74) is 3.83. The van der Waals surface area contributed by atoms with E-state index in [4.69, 9.17) is 83.0 Å². The minimum atomic E-state index is -5.01. The van der Waals surface area contributed by atoms with E-state index >= 15 is 0 Å². The number of rotatable bonds is 19. The van der Waals surface area contributed by atoms with Crippen LogP contribution < -0.4 is 0 Å². The fraction of sp³-hybridized carbons (Fsp3) is 0.692. The Morgan fingerprint density at radius 3 is 0.480 bits per heavy atom. The summed E-state index contributed by atoms with van der Waals surface area (Å²) in [7, 11) is -19.9. The van der Waals surface area contributed by atoms with Gasteiger partial charge in [-0.1, -0.05) is 70.8 Å². The topological polar surface area (TPSA) is 647 Å². The van der Waals surface area contributed by atoms with Gasteiger partial charge >= 0.3 is 0 Å². The number of benzene rings is 4. The molecular formula is C78H110O43S4. The van der Waals surface area contributed by atoms with Crippen molar-refractivity contribution in [3.63, 3.8) is 0 Å². The maximum Gasteiger partial charge on any atom is 0.297 e. The molecule has 21 heterocycles. The molecule has 704 valence electrons. The average Bonchev–Trinajstić information content (AvgIpc) is 0.819. The standard InChI is InChI=1S/C78H110O43S4/c1-28-13-32(5)68(33(6)14-28)122(96,97)104-24-43-64-51(86)58(93)76(112-43)120-66-45(26-106-124(100,101)70-36(9)17-30(3)18-37(70)10)114-78(60(95)53(66)88)121-67-46(27-107-125(102,103)71-38(11)19-31(4)20-39(71)12)113-77(59(94)52(67)87)119-65-44(25-105-123(98,99)69-34(7)15-29(2)16-35(69)8)111-75(57(92)50(65)85)117-63-42(23-81)109-73(55(90)48(63)83)115-61-40(21-79)108-72(54(89)47(61)82)116-62-41(22-80)110-74(118-64)56(91)49(62)84/h13-20,40-67,72-95H,21-27H2,1-12H3/t40-,41-,42-,43-,44-,45-,46-,47-,48-,49-,50-,51-,52-,53-,54-,55-,56-,57-,58-,59-,60-,61-,62-,63-,64-,65-,66-,67-,72-,73-,74-,75-,76-,77-,78-/m1/s1. The molecule has 21 fully saturated rings. The second kappa shape index (κ2) is 39.6. The molecule has 0 aliphatic carbocycles. The number of aryl methyl sites for hydroxylation is 12. The lowest BCUT2D eigenvalue weighted by atomic mass is 9.95. The van der Waals surface area contributed by atoms with Crippen molar-refractivity contribution in [3.8, 4) is 0 Å². The normalized spacial score (nSPS) is 39.2. The summed E-state index contributed by atoms with van der Waals surface area (Å²) < 4.78 is 223. The van der Waals surface area contributed by atoms with Crippen molar-refractivity contribution in [2.75, 3.05) is 46.2 Å². The zero-order valence-corrected chi connectivity index (χ0v) is 72.9. The Kier molecular flexibility index (Phi) is 31.5. The summed E-state index contributed by atoms with van der Waals surface area (Å²) in [5, 5.41) is 203. The van der Waals surface area contributed by atoms with Gasteiger partial charge < -0.3 is 153 Å². The number of hydrogen-bond acceptors (Lipinski definition) is 43. The van der Waals surface area contributed by atoms with Gasteiger partial charge in [0.25, 0.3) is 40.5 Å². The zero-order valence-electron chi connectivity index (χ0n) is 69.6. The summed E-state index contributed by atoms with van der Waals surface area (Å²) in [6.07, 6.45) is -81.5. The minimum Gasteiger partial charge on any atom is -0.394 e. The third-order valence-electron chi connectivity index (χ3n) is 23.0. The Morgan fingerprint density at radius 1 is 0.216 bits per heavy atom. The second-order valence-electron chi connectivity index (χ2n) is 32.8. The number of aliphatic hydroxyl groups is 17. The third kappa shape index (κ3) is 20.7. The Hall–Kier alpha value is -4.72. The smallest absolute Gasteiger partial charge is 0.297 e. The summed E-state index contributed by atoms with van der Waals surface area (Å²) in [4.78, 5) is -1.48. The van der Waals surface area contributed by atoms with Gasteiger partial charge in [-0.3, -0.25) is 16.7 Å². The van der Waals surface area contributed by atoms with E-state index in [2.05, 4.69) is 0 Å². The number of aliphatic hydroxyl groups excluding tert-OH is 17. The molecule has 35 atom stereocenters. The quantitative estimate of drug-likeness (QED) is 0.0389. The predicted molar refractivity (Wildman–Crippen MR) is 415 cm³/mol. The third-order valence-corrected chi connectivity index (χ3v) is 29.4. The Balaban J connectivity index is 0.956. The molecule has 14 bridgehead atoms. The molecule has 125 heavy (non-hydrogen) atoms. The summed E-state index contributed by atoms with van der Waals surface area (Å²) in [6.45, 7) is 9.50. The van der Waals surface area contributed by atoms with Crippen molar-refractivity contribution in [1.82, 2.24) is 0 Å².